The fraction of sp³-hybridized carbons (Fsp3) is 0.190. The number of aromatic nitrogens is 5. The quantitative estimate of drug-likeness (QED) is 0.451. The molecule has 0 saturated heterocycles. The van der Waals surface area contributed by atoms with Gasteiger partial charge < -0.3 is 15.0 Å². The van der Waals surface area contributed by atoms with E-state index in [1.165, 1.54) is 10.9 Å². The number of ether oxygens (including phenoxy) is 1. The monoisotopic (exact) mass is 458 g/mol. The van der Waals surface area contributed by atoms with E-state index in [4.69, 9.17) is 15.0 Å². The van der Waals surface area contributed by atoms with Crippen molar-refractivity contribution in [3.63, 3.8) is 0 Å². The molecule has 0 aliphatic rings. The van der Waals surface area contributed by atoms with Gasteiger partial charge in [-0.15, -0.1) is 0 Å². The van der Waals surface area contributed by atoms with Gasteiger partial charge in [-0.1, -0.05) is 29.4 Å². The number of carbonyl (C=O) groups is 1. The van der Waals surface area contributed by atoms with Crippen molar-refractivity contribution in [3.05, 3.63) is 65.6 Å². The molecule has 0 radical (unpaired) electrons. The molecule has 0 aliphatic heterocycles. The minimum atomic E-state index is -4.47. The number of hydrogen-bond donors (Lipinski definition) is 1. The van der Waals surface area contributed by atoms with Crippen LogP contribution in [0.1, 0.15) is 16.8 Å². The number of benzene rings is 1. The third-order valence-corrected chi connectivity index (χ3v) is 4.73. The topological polar surface area (TPSA) is 122 Å². The van der Waals surface area contributed by atoms with E-state index in [0.29, 0.717) is 28.8 Å². The molecule has 2 N–H and O–H groups in total. The largest absolute Gasteiger partial charge is 0.471 e. The van der Waals surface area contributed by atoms with E-state index >= 15 is 0 Å². The van der Waals surface area contributed by atoms with Gasteiger partial charge in [0, 0.05) is 24.9 Å². The minimum absolute atomic E-state index is 0.0254. The van der Waals surface area contributed by atoms with E-state index in [2.05, 4.69) is 20.2 Å². The molecule has 3 heterocycles. The molecule has 9 nitrogen and oxygen atoms in total. The second-order valence-electron chi connectivity index (χ2n) is 7.06. The summed E-state index contributed by atoms with van der Waals surface area (Å²) in [6.45, 7) is -0.0380. The van der Waals surface area contributed by atoms with Crippen LogP contribution in [-0.4, -0.2) is 30.8 Å². The second kappa shape index (κ2) is 8.73. The Kier molecular flexibility index (Phi) is 5.82. The van der Waals surface area contributed by atoms with E-state index in [-0.39, 0.29) is 24.8 Å². The molecule has 1 aromatic carbocycles. The van der Waals surface area contributed by atoms with Crippen LogP contribution in [0.5, 0.6) is 5.88 Å². The van der Waals surface area contributed by atoms with Crippen LogP contribution >= 0.6 is 0 Å². The molecule has 4 aromatic rings. The third kappa shape index (κ3) is 5.00. The van der Waals surface area contributed by atoms with Gasteiger partial charge in [-0.05, 0) is 11.6 Å². The number of hydrogen-bond acceptors (Lipinski definition) is 7. The highest BCUT2D eigenvalue weighted by Gasteiger charge is 2.30. The summed E-state index contributed by atoms with van der Waals surface area (Å²) in [5.41, 5.74) is 6.84. The average molecular weight is 458 g/mol. The maximum absolute atomic E-state index is 12.7. The van der Waals surface area contributed by atoms with E-state index < -0.39 is 17.6 Å². The van der Waals surface area contributed by atoms with Crippen LogP contribution in [0.3, 0.4) is 0 Å². The summed E-state index contributed by atoms with van der Waals surface area (Å²) in [6, 6.07) is 9.02. The van der Waals surface area contributed by atoms with Crippen molar-refractivity contribution in [1.82, 2.24) is 24.9 Å². The fourth-order valence-corrected chi connectivity index (χ4v) is 3.01. The van der Waals surface area contributed by atoms with Crippen LogP contribution in [0.2, 0.25) is 0 Å². The Morgan fingerprint density at radius 3 is 2.55 bits per heavy atom. The van der Waals surface area contributed by atoms with Crippen molar-refractivity contribution in [2.24, 2.45) is 12.8 Å². The normalized spacial score (nSPS) is 11.5. The minimum Gasteiger partial charge on any atom is -0.471 e. The molecule has 33 heavy (non-hydrogen) atoms. The van der Waals surface area contributed by atoms with Gasteiger partial charge in [-0.2, -0.15) is 23.3 Å². The molecule has 12 heteroatoms. The van der Waals surface area contributed by atoms with Crippen LogP contribution in [0.25, 0.3) is 22.8 Å². The lowest BCUT2D eigenvalue weighted by molar-refractivity contribution is -0.137. The molecule has 0 unspecified atom stereocenters. The van der Waals surface area contributed by atoms with Crippen LogP contribution in [0.15, 0.2) is 53.3 Å². The first-order valence-corrected chi connectivity index (χ1v) is 9.59. The standard InChI is InChI=1S/C21H17F3N6O3/c1-30-16(11-32-18-7-6-14(9-26-18)21(22,23)24)15(10-27-30)20-28-19(29-33-20)13-4-2-12(3-5-13)8-17(25)31/h2-7,9-10H,8,11H2,1H3,(H2,25,31). The predicted octanol–water partition coefficient (Wildman–Crippen LogP) is 3.16. The maximum atomic E-state index is 12.7. The van der Waals surface area contributed by atoms with E-state index in [9.17, 15) is 18.0 Å². The van der Waals surface area contributed by atoms with Crippen molar-refractivity contribution in [3.8, 4) is 28.7 Å². The van der Waals surface area contributed by atoms with Crippen LogP contribution in [0, 0.1) is 0 Å². The number of primary amides is 1. The molecule has 0 aliphatic carbocycles. The van der Waals surface area contributed by atoms with Gasteiger partial charge in [-0.25, -0.2) is 4.98 Å². The molecule has 3 aromatic heterocycles. The van der Waals surface area contributed by atoms with Crippen LogP contribution < -0.4 is 10.5 Å². The predicted molar refractivity (Wildman–Crippen MR) is 108 cm³/mol. The van der Waals surface area contributed by atoms with Crippen molar-refractivity contribution in [2.45, 2.75) is 19.2 Å². The van der Waals surface area contributed by atoms with Gasteiger partial charge in [0.1, 0.15) is 6.61 Å². The summed E-state index contributed by atoms with van der Waals surface area (Å²) in [7, 11) is 1.68. The van der Waals surface area contributed by atoms with E-state index in [1.54, 1.807) is 31.3 Å². The van der Waals surface area contributed by atoms with Crippen LogP contribution in [-0.2, 0) is 31.0 Å². The third-order valence-electron chi connectivity index (χ3n) is 4.73. The number of amides is 1. The van der Waals surface area contributed by atoms with Crippen molar-refractivity contribution < 1.29 is 27.2 Å². The lowest BCUT2D eigenvalue weighted by Crippen LogP contribution is -2.13. The first kappa shape index (κ1) is 22.0. The Morgan fingerprint density at radius 2 is 1.91 bits per heavy atom. The summed E-state index contributed by atoms with van der Waals surface area (Å²) in [6.07, 6.45) is -2.12. The molecule has 0 bridgehead atoms. The zero-order valence-electron chi connectivity index (χ0n) is 17.2. The fourth-order valence-electron chi connectivity index (χ4n) is 3.01. The lowest BCUT2D eigenvalue weighted by atomic mass is 10.1. The number of nitrogens with zero attached hydrogens (tertiary/aromatic N) is 5. The van der Waals surface area contributed by atoms with Gasteiger partial charge in [-0.3, -0.25) is 9.48 Å². The zero-order chi connectivity index (χ0) is 23.6. The summed E-state index contributed by atoms with van der Waals surface area (Å²) in [5.74, 6) is 0.119. The highest BCUT2D eigenvalue weighted by Crippen LogP contribution is 2.30. The van der Waals surface area contributed by atoms with Gasteiger partial charge >= 0.3 is 6.18 Å². The van der Waals surface area contributed by atoms with Crippen molar-refractivity contribution in [1.29, 1.82) is 0 Å². The maximum Gasteiger partial charge on any atom is 0.417 e. The Labute approximate surface area is 185 Å². The highest BCUT2D eigenvalue weighted by atomic mass is 19.4. The number of halogens is 3. The molecular weight excluding hydrogens is 441 g/mol. The van der Waals surface area contributed by atoms with Crippen LogP contribution in [0.4, 0.5) is 13.2 Å². The summed E-state index contributed by atoms with van der Waals surface area (Å²) < 4.78 is 50.5. The molecular formula is C21H17F3N6O3. The number of nitrogens with two attached hydrogens (primary N) is 1. The SMILES string of the molecule is Cn1ncc(-c2nc(-c3ccc(CC(N)=O)cc3)no2)c1COc1ccc(C(F)(F)F)cn1. The van der Waals surface area contributed by atoms with Crippen molar-refractivity contribution in [2.75, 3.05) is 0 Å². The van der Waals surface area contributed by atoms with Gasteiger partial charge in [0.05, 0.1) is 29.4 Å². The lowest BCUT2D eigenvalue weighted by Gasteiger charge is -2.09. The molecule has 170 valence electrons. The summed E-state index contributed by atoms with van der Waals surface area (Å²) in [4.78, 5) is 19.1. The Hall–Kier alpha value is -4.22. The number of aryl methyl sites for hydroxylation is 1. The van der Waals surface area contributed by atoms with Gasteiger partial charge in [0.15, 0.2) is 0 Å². The number of carbonyl (C=O) groups excluding carboxylic acids is 1. The first-order chi connectivity index (χ1) is 15.7. The highest BCUT2D eigenvalue weighted by molar-refractivity contribution is 5.76. The summed E-state index contributed by atoms with van der Waals surface area (Å²) >= 11 is 0. The molecule has 1 amide bonds. The zero-order valence-corrected chi connectivity index (χ0v) is 17.2. The summed E-state index contributed by atoms with van der Waals surface area (Å²) in [5, 5.41) is 8.15. The Bertz CT molecular complexity index is 1260. The Morgan fingerprint density at radius 1 is 1.15 bits per heavy atom. The van der Waals surface area contributed by atoms with Gasteiger partial charge in [0.25, 0.3) is 5.89 Å². The second-order valence-corrected chi connectivity index (χ2v) is 7.06. The Balaban J connectivity index is 1.50. The smallest absolute Gasteiger partial charge is 0.417 e. The van der Waals surface area contributed by atoms with Gasteiger partial charge in [0.2, 0.25) is 17.6 Å². The first-order valence-electron chi connectivity index (χ1n) is 9.59. The number of pyridine rings is 1. The molecule has 4 rings (SSSR count). The molecule has 0 fully saturated rings. The van der Waals surface area contributed by atoms with E-state index in [0.717, 1.165) is 17.7 Å². The molecule has 0 spiro atoms. The number of rotatable bonds is 7. The average Bonchev–Trinajstić information content (AvgIpc) is 3.39. The molecule has 0 saturated carbocycles. The van der Waals surface area contributed by atoms with Crippen molar-refractivity contribution >= 4 is 5.91 Å². The van der Waals surface area contributed by atoms with E-state index in [1.807, 2.05) is 0 Å². The molecule has 0 atom stereocenters. The number of alkyl halides is 3.